The van der Waals surface area contributed by atoms with E-state index in [1.807, 2.05) is 18.2 Å². The van der Waals surface area contributed by atoms with Gasteiger partial charge < -0.3 is 14.8 Å². The number of methoxy groups -OCH3 is 2. The Kier molecular flexibility index (Phi) is 6.19. The van der Waals surface area contributed by atoms with Gasteiger partial charge >= 0.3 is 0 Å². The van der Waals surface area contributed by atoms with Gasteiger partial charge in [-0.15, -0.1) is 0 Å². The molecule has 0 unspecified atom stereocenters. The number of carbonyl (C=O) groups is 1. The van der Waals surface area contributed by atoms with Gasteiger partial charge in [-0.1, -0.05) is 11.6 Å². The first-order valence-corrected chi connectivity index (χ1v) is 9.10. The largest absolute Gasteiger partial charge is 0.497 e. The molecule has 5 nitrogen and oxygen atoms in total. The van der Waals surface area contributed by atoms with E-state index in [0.29, 0.717) is 5.02 Å². The molecule has 1 amide bonds. The molecule has 1 aliphatic heterocycles. The highest BCUT2D eigenvalue weighted by atomic mass is 35.5. The maximum absolute atomic E-state index is 13.8. The number of anilines is 1. The fourth-order valence-corrected chi connectivity index (χ4v) is 3.61. The summed E-state index contributed by atoms with van der Waals surface area (Å²) in [6.45, 7) is 0.924. The minimum atomic E-state index is -0.514. The number of amides is 1. The Balaban J connectivity index is 1.75. The smallest absolute Gasteiger partial charge is 0.238 e. The maximum Gasteiger partial charge on any atom is 0.238 e. The van der Waals surface area contributed by atoms with Crippen molar-refractivity contribution >= 4 is 23.2 Å². The third kappa shape index (κ3) is 4.51. The van der Waals surface area contributed by atoms with E-state index in [0.717, 1.165) is 36.4 Å². The summed E-state index contributed by atoms with van der Waals surface area (Å²) < 4.78 is 24.7. The van der Waals surface area contributed by atoms with Crippen LogP contribution < -0.4 is 14.8 Å². The van der Waals surface area contributed by atoms with Crippen LogP contribution in [0.2, 0.25) is 5.02 Å². The van der Waals surface area contributed by atoms with E-state index >= 15 is 0 Å². The second-order valence-electron chi connectivity index (χ2n) is 6.41. The Hall–Kier alpha value is -2.31. The molecule has 1 heterocycles. The molecule has 27 heavy (non-hydrogen) atoms. The summed E-state index contributed by atoms with van der Waals surface area (Å²) in [5.74, 6) is 0.696. The van der Waals surface area contributed by atoms with Crippen LogP contribution in [0.25, 0.3) is 0 Å². The van der Waals surface area contributed by atoms with Crippen LogP contribution in [0.3, 0.4) is 0 Å². The predicted octanol–water partition coefficient (Wildman–Crippen LogP) is 4.27. The molecule has 1 aliphatic rings. The van der Waals surface area contributed by atoms with Crippen LogP contribution in [-0.4, -0.2) is 38.1 Å². The molecule has 0 saturated carbocycles. The zero-order chi connectivity index (χ0) is 19.4. The highest BCUT2D eigenvalue weighted by molar-refractivity contribution is 6.30. The van der Waals surface area contributed by atoms with Crippen molar-refractivity contribution in [2.45, 2.75) is 18.9 Å². The van der Waals surface area contributed by atoms with Crippen LogP contribution in [0.5, 0.6) is 11.5 Å². The fourth-order valence-electron chi connectivity index (χ4n) is 3.43. The first-order chi connectivity index (χ1) is 13.0. The van der Waals surface area contributed by atoms with E-state index in [2.05, 4.69) is 10.2 Å². The molecule has 3 rings (SSSR count). The minimum Gasteiger partial charge on any atom is -0.497 e. The molecule has 2 aromatic carbocycles. The predicted molar refractivity (Wildman–Crippen MR) is 103 cm³/mol. The second kappa shape index (κ2) is 8.59. The van der Waals surface area contributed by atoms with E-state index in [1.165, 1.54) is 18.2 Å². The average molecular weight is 393 g/mol. The molecular formula is C20H22ClFN2O3. The van der Waals surface area contributed by atoms with Crippen molar-refractivity contribution in [2.24, 2.45) is 0 Å². The molecule has 7 heteroatoms. The fraction of sp³-hybridized carbons (Fsp3) is 0.350. The van der Waals surface area contributed by atoms with Crippen molar-refractivity contribution in [1.29, 1.82) is 0 Å². The van der Waals surface area contributed by atoms with Crippen LogP contribution in [0.1, 0.15) is 24.4 Å². The van der Waals surface area contributed by atoms with E-state index in [1.54, 1.807) is 14.2 Å². The molecule has 0 radical (unpaired) electrons. The molecule has 2 aromatic rings. The molecule has 0 spiro atoms. The van der Waals surface area contributed by atoms with Crippen molar-refractivity contribution < 1.29 is 18.7 Å². The lowest BCUT2D eigenvalue weighted by Crippen LogP contribution is -2.33. The summed E-state index contributed by atoms with van der Waals surface area (Å²) >= 11 is 5.88. The standard InChI is InChI=1S/C20H22ClFN2O3/c1-26-14-6-8-19(27-2)15(11-14)18-4-3-9-24(18)12-20(25)23-17-10-13(21)5-7-16(17)22/h5-8,10-11,18H,3-4,9,12H2,1-2H3,(H,23,25)/t18-/m0/s1. The zero-order valence-electron chi connectivity index (χ0n) is 15.3. The van der Waals surface area contributed by atoms with Gasteiger partial charge in [0.05, 0.1) is 26.5 Å². The van der Waals surface area contributed by atoms with Gasteiger partial charge in [-0.3, -0.25) is 9.69 Å². The van der Waals surface area contributed by atoms with Crippen LogP contribution in [-0.2, 0) is 4.79 Å². The van der Waals surface area contributed by atoms with Gasteiger partial charge in [-0.25, -0.2) is 4.39 Å². The molecule has 0 aromatic heterocycles. The molecule has 1 N–H and O–H groups in total. The Bertz CT molecular complexity index is 831. The molecule has 1 saturated heterocycles. The normalized spacial score (nSPS) is 17.0. The number of carbonyl (C=O) groups excluding carboxylic acids is 1. The number of ether oxygens (including phenoxy) is 2. The SMILES string of the molecule is COc1ccc(OC)c([C@@H]2CCCN2CC(=O)Nc2cc(Cl)ccc2F)c1. The summed E-state index contributed by atoms with van der Waals surface area (Å²) in [6.07, 6.45) is 1.87. The van der Waals surface area contributed by atoms with Gasteiger partial charge in [0, 0.05) is 16.6 Å². The first kappa shape index (κ1) is 19.5. The third-order valence-electron chi connectivity index (χ3n) is 4.71. The minimum absolute atomic E-state index is 0.0324. The lowest BCUT2D eigenvalue weighted by atomic mass is 10.0. The van der Waals surface area contributed by atoms with Crippen LogP contribution in [0, 0.1) is 5.82 Å². The third-order valence-corrected chi connectivity index (χ3v) is 4.94. The molecule has 1 fully saturated rings. The number of nitrogens with zero attached hydrogens (tertiary/aromatic N) is 1. The van der Waals surface area contributed by atoms with Gasteiger partial charge in [-0.2, -0.15) is 0 Å². The van der Waals surface area contributed by atoms with E-state index in [4.69, 9.17) is 21.1 Å². The molecule has 0 bridgehead atoms. The summed E-state index contributed by atoms with van der Waals surface area (Å²) in [5.41, 5.74) is 1.07. The summed E-state index contributed by atoms with van der Waals surface area (Å²) in [4.78, 5) is 14.5. The van der Waals surface area contributed by atoms with Crippen molar-refractivity contribution in [1.82, 2.24) is 4.90 Å². The number of hydrogen-bond acceptors (Lipinski definition) is 4. The van der Waals surface area contributed by atoms with Crippen LogP contribution in [0.15, 0.2) is 36.4 Å². The lowest BCUT2D eigenvalue weighted by molar-refractivity contribution is -0.117. The number of nitrogens with one attached hydrogen (secondary N) is 1. The van der Waals surface area contributed by atoms with Gasteiger partial charge in [0.2, 0.25) is 5.91 Å². The highest BCUT2D eigenvalue weighted by Crippen LogP contribution is 2.38. The van der Waals surface area contributed by atoms with Crippen LogP contribution in [0.4, 0.5) is 10.1 Å². The number of hydrogen-bond donors (Lipinski definition) is 1. The topological polar surface area (TPSA) is 50.8 Å². The van der Waals surface area contributed by atoms with Gasteiger partial charge in [-0.05, 0) is 55.8 Å². The quantitative estimate of drug-likeness (QED) is 0.797. The van der Waals surface area contributed by atoms with Crippen molar-refractivity contribution in [2.75, 3.05) is 32.6 Å². The lowest BCUT2D eigenvalue weighted by Gasteiger charge is -2.26. The number of halogens is 2. The Morgan fingerprint density at radius 3 is 2.81 bits per heavy atom. The Morgan fingerprint density at radius 1 is 1.26 bits per heavy atom. The van der Waals surface area contributed by atoms with Crippen LogP contribution >= 0.6 is 11.6 Å². The highest BCUT2D eigenvalue weighted by Gasteiger charge is 2.30. The maximum atomic E-state index is 13.8. The van der Waals surface area contributed by atoms with Crippen molar-refractivity contribution in [3.63, 3.8) is 0 Å². The first-order valence-electron chi connectivity index (χ1n) is 8.72. The van der Waals surface area contributed by atoms with E-state index in [9.17, 15) is 9.18 Å². The number of benzene rings is 2. The Morgan fingerprint density at radius 2 is 2.07 bits per heavy atom. The van der Waals surface area contributed by atoms with E-state index in [-0.39, 0.29) is 24.2 Å². The molecular weight excluding hydrogens is 371 g/mol. The summed E-state index contributed by atoms with van der Waals surface area (Å²) in [5, 5.41) is 2.97. The summed E-state index contributed by atoms with van der Waals surface area (Å²) in [6, 6.07) is 9.76. The van der Waals surface area contributed by atoms with Gasteiger partial charge in [0.25, 0.3) is 0 Å². The van der Waals surface area contributed by atoms with Crippen molar-refractivity contribution in [3.8, 4) is 11.5 Å². The molecule has 1 atom stereocenters. The second-order valence-corrected chi connectivity index (χ2v) is 6.85. The summed E-state index contributed by atoms with van der Waals surface area (Å²) in [7, 11) is 3.24. The molecule has 144 valence electrons. The number of likely N-dealkylation sites (tertiary alicyclic amines) is 1. The average Bonchev–Trinajstić information content (AvgIpc) is 3.11. The van der Waals surface area contributed by atoms with Gasteiger partial charge in [0.15, 0.2) is 0 Å². The van der Waals surface area contributed by atoms with E-state index < -0.39 is 5.82 Å². The molecule has 0 aliphatic carbocycles. The Labute approximate surface area is 163 Å². The van der Waals surface area contributed by atoms with Gasteiger partial charge in [0.1, 0.15) is 17.3 Å². The van der Waals surface area contributed by atoms with Crippen molar-refractivity contribution in [3.05, 3.63) is 52.8 Å². The number of rotatable bonds is 6. The monoisotopic (exact) mass is 392 g/mol. The zero-order valence-corrected chi connectivity index (χ0v) is 16.1.